The average molecular weight is 415 g/mol. The molecular formula is C19H15BrN2O4. The van der Waals surface area contributed by atoms with Crippen molar-refractivity contribution in [1.29, 1.82) is 0 Å². The van der Waals surface area contributed by atoms with Gasteiger partial charge in [0, 0.05) is 28.5 Å². The number of pyridine rings is 1. The fourth-order valence-corrected chi connectivity index (χ4v) is 2.58. The molecule has 3 aromatic rings. The Labute approximate surface area is 158 Å². The van der Waals surface area contributed by atoms with Gasteiger partial charge in [-0.3, -0.25) is 4.79 Å². The third kappa shape index (κ3) is 4.31. The van der Waals surface area contributed by atoms with Crippen LogP contribution in [0.15, 0.2) is 65.3 Å². The Morgan fingerprint density at radius 3 is 2.65 bits per heavy atom. The minimum Gasteiger partial charge on any atom is -0.504 e. The minimum atomic E-state index is -0.351. The largest absolute Gasteiger partial charge is 0.504 e. The molecule has 26 heavy (non-hydrogen) atoms. The van der Waals surface area contributed by atoms with Crippen LogP contribution in [0.1, 0.15) is 10.4 Å². The Kier molecular flexibility index (Phi) is 5.38. The summed E-state index contributed by atoms with van der Waals surface area (Å²) >= 11 is 3.37. The molecule has 0 spiro atoms. The van der Waals surface area contributed by atoms with Crippen molar-refractivity contribution in [3.8, 4) is 23.1 Å². The number of aromatic hydroxyl groups is 1. The maximum Gasteiger partial charge on any atom is 0.257 e. The second-order valence-corrected chi connectivity index (χ2v) is 6.20. The number of hydrogen-bond acceptors (Lipinski definition) is 5. The third-order valence-electron chi connectivity index (χ3n) is 3.45. The second-order valence-electron chi connectivity index (χ2n) is 5.29. The number of anilines is 1. The molecular weight excluding hydrogens is 400 g/mol. The normalized spacial score (nSPS) is 10.2. The Bertz CT molecular complexity index is 929. The molecule has 7 heteroatoms. The molecule has 1 amide bonds. The number of methoxy groups -OCH3 is 1. The first-order valence-electron chi connectivity index (χ1n) is 7.63. The highest BCUT2D eigenvalue weighted by atomic mass is 79.9. The number of amides is 1. The number of phenols is 1. The number of benzene rings is 2. The summed E-state index contributed by atoms with van der Waals surface area (Å²) in [5.74, 6) is 0.940. The monoisotopic (exact) mass is 414 g/mol. The molecule has 1 aromatic heterocycles. The van der Waals surface area contributed by atoms with Crippen molar-refractivity contribution >= 4 is 27.5 Å². The number of nitrogens with one attached hydrogen (secondary N) is 1. The van der Waals surface area contributed by atoms with E-state index in [1.807, 2.05) is 24.3 Å². The molecule has 0 radical (unpaired) electrons. The van der Waals surface area contributed by atoms with Gasteiger partial charge in [-0.1, -0.05) is 22.0 Å². The van der Waals surface area contributed by atoms with Gasteiger partial charge in [0.15, 0.2) is 11.5 Å². The number of phenolic OH excluding ortho intramolecular Hbond substituents is 1. The first-order valence-corrected chi connectivity index (χ1v) is 8.42. The summed E-state index contributed by atoms with van der Waals surface area (Å²) < 4.78 is 11.5. The first kappa shape index (κ1) is 17.8. The molecule has 0 bridgehead atoms. The molecule has 0 fully saturated rings. The maximum atomic E-state index is 12.3. The number of ether oxygens (including phenoxy) is 2. The number of nitrogens with zero attached hydrogens (tertiary/aromatic N) is 1. The van der Waals surface area contributed by atoms with E-state index in [1.165, 1.54) is 19.4 Å². The van der Waals surface area contributed by atoms with Crippen LogP contribution in [0.5, 0.6) is 23.1 Å². The first-order chi connectivity index (χ1) is 12.5. The van der Waals surface area contributed by atoms with Crippen LogP contribution in [0.4, 0.5) is 5.69 Å². The van der Waals surface area contributed by atoms with Crippen molar-refractivity contribution in [2.45, 2.75) is 0 Å². The lowest BCUT2D eigenvalue weighted by Gasteiger charge is -2.09. The predicted molar refractivity (Wildman–Crippen MR) is 101 cm³/mol. The zero-order chi connectivity index (χ0) is 18.5. The lowest BCUT2D eigenvalue weighted by atomic mass is 10.2. The number of carbonyl (C=O) groups excluding carboxylic acids is 1. The van der Waals surface area contributed by atoms with Crippen molar-refractivity contribution in [2.24, 2.45) is 0 Å². The van der Waals surface area contributed by atoms with E-state index in [0.717, 1.165) is 4.47 Å². The molecule has 1 heterocycles. The summed E-state index contributed by atoms with van der Waals surface area (Å²) in [5, 5.41) is 12.4. The molecule has 3 rings (SSSR count). The lowest BCUT2D eigenvalue weighted by Crippen LogP contribution is -2.12. The number of carbonyl (C=O) groups is 1. The van der Waals surface area contributed by atoms with Crippen LogP contribution in [0, 0.1) is 0 Å². The van der Waals surface area contributed by atoms with Crippen molar-refractivity contribution in [3.63, 3.8) is 0 Å². The smallest absolute Gasteiger partial charge is 0.257 e. The highest BCUT2D eigenvalue weighted by Crippen LogP contribution is 2.29. The van der Waals surface area contributed by atoms with E-state index >= 15 is 0 Å². The van der Waals surface area contributed by atoms with Gasteiger partial charge in [0.2, 0.25) is 5.88 Å². The Balaban J connectivity index is 1.68. The van der Waals surface area contributed by atoms with Crippen LogP contribution in [-0.4, -0.2) is 23.1 Å². The van der Waals surface area contributed by atoms with E-state index in [4.69, 9.17) is 9.47 Å². The van der Waals surface area contributed by atoms with Gasteiger partial charge in [-0.25, -0.2) is 4.98 Å². The molecule has 0 unspecified atom stereocenters. The Morgan fingerprint density at radius 2 is 2.00 bits per heavy atom. The molecule has 0 atom stereocenters. The molecule has 132 valence electrons. The van der Waals surface area contributed by atoms with Crippen molar-refractivity contribution in [1.82, 2.24) is 4.98 Å². The third-order valence-corrected chi connectivity index (χ3v) is 3.95. The summed E-state index contributed by atoms with van der Waals surface area (Å²) in [6.07, 6.45) is 1.42. The molecule has 0 aliphatic heterocycles. The minimum absolute atomic E-state index is 0.0544. The van der Waals surface area contributed by atoms with Gasteiger partial charge in [-0.2, -0.15) is 0 Å². The van der Waals surface area contributed by atoms with Crippen LogP contribution in [0.25, 0.3) is 0 Å². The molecule has 0 saturated heterocycles. The summed E-state index contributed by atoms with van der Waals surface area (Å²) in [7, 11) is 1.46. The zero-order valence-corrected chi connectivity index (χ0v) is 15.4. The molecule has 2 aromatic carbocycles. The summed E-state index contributed by atoms with van der Waals surface area (Å²) in [4.78, 5) is 16.4. The van der Waals surface area contributed by atoms with Gasteiger partial charge in [0.1, 0.15) is 5.75 Å². The van der Waals surface area contributed by atoms with Crippen LogP contribution >= 0.6 is 15.9 Å². The molecule has 6 nitrogen and oxygen atoms in total. The fraction of sp³-hybridized carbons (Fsp3) is 0.0526. The van der Waals surface area contributed by atoms with E-state index in [-0.39, 0.29) is 11.7 Å². The Hall–Kier alpha value is -3.06. The van der Waals surface area contributed by atoms with Crippen LogP contribution < -0.4 is 14.8 Å². The van der Waals surface area contributed by atoms with Crippen molar-refractivity contribution in [3.05, 3.63) is 70.8 Å². The average Bonchev–Trinajstić information content (AvgIpc) is 2.62. The van der Waals surface area contributed by atoms with Gasteiger partial charge in [-0.15, -0.1) is 0 Å². The van der Waals surface area contributed by atoms with Gasteiger partial charge < -0.3 is 19.9 Å². The predicted octanol–water partition coefficient (Wildman–Crippen LogP) is 4.60. The Morgan fingerprint density at radius 1 is 1.15 bits per heavy atom. The number of hydrogen-bond donors (Lipinski definition) is 2. The van der Waals surface area contributed by atoms with Crippen molar-refractivity contribution < 1.29 is 19.4 Å². The number of rotatable bonds is 5. The van der Waals surface area contributed by atoms with E-state index in [1.54, 1.807) is 24.3 Å². The highest BCUT2D eigenvalue weighted by Gasteiger charge is 2.10. The van der Waals surface area contributed by atoms with Gasteiger partial charge >= 0.3 is 0 Å². The standard InChI is InChI=1S/C19H15BrN2O4/c1-25-17-7-6-14(10-16(17)23)22-19(24)12-5-8-18(21-11-12)26-15-4-2-3-13(20)9-15/h2-11,23H,1H3,(H,22,24). The molecule has 0 aliphatic rings. The van der Waals surface area contributed by atoms with Crippen LogP contribution in [0.3, 0.4) is 0 Å². The molecule has 2 N–H and O–H groups in total. The van der Waals surface area contributed by atoms with Crippen molar-refractivity contribution in [2.75, 3.05) is 12.4 Å². The van der Waals surface area contributed by atoms with Gasteiger partial charge in [0.05, 0.1) is 12.7 Å². The number of aromatic nitrogens is 1. The van der Waals surface area contributed by atoms with Gasteiger partial charge in [0.25, 0.3) is 5.91 Å². The molecule has 0 aliphatic carbocycles. The number of halogens is 1. The maximum absolute atomic E-state index is 12.3. The van der Waals surface area contributed by atoms with Crippen LogP contribution in [0.2, 0.25) is 0 Å². The second kappa shape index (κ2) is 7.88. The lowest BCUT2D eigenvalue weighted by molar-refractivity contribution is 0.102. The summed E-state index contributed by atoms with van der Waals surface area (Å²) in [6.45, 7) is 0. The highest BCUT2D eigenvalue weighted by molar-refractivity contribution is 9.10. The summed E-state index contributed by atoms with van der Waals surface area (Å²) in [5.41, 5.74) is 0.810. The fourth-order valence-electron chi connectivity index (χ4n) is 2.20. The topological polar surface area (TPSA) is 80.7 Å². The quantitative estimate of drug-likeness (QED) is 0.637. The van der Waals surface area contributed by atoms with Gasteiger partial charge in [-0.05, 0) is 36.4 Å². The molecule has 0 saturated carbocycles. The van der Waals surface area contributed by atoms with E-state index in [9.17, 15) is 9.90 Å². The summed E-state index contributed by atoms with van der Waals surface area (Å²) in [6, 6.07) is 15.2. The zero-order valence-electron chi connectivity index (χ0n) is 13.8. The SMILES string of the molecule is COc1ccc(NC(=O)c2ccc(Oc3cccc(Br)c3)nc2)cc1O. The van der Waals surface area contributed by atoms with Crippen LogP contribution in [-0.2, 0) is 0 Å². The van der Waals surface area contributed by atoms with E-state index in [2.05, 4.69) is 26.2 Å². The van der Waals surface area contributed by atoms with E-state index < -0.39 is 0 Å². The van der Waals surface area contributed by atoms with E-state index in [0.29, 0.717) is 28.6 Å².